The Morgan fingerprint density at radius 3 is 0.944 bits per heavy atom. The Kier molecular flexibility index (Phi) is 34.6. The lowest BCUT2D eigenvalue weighted by Gasteiger charge is -2.20. The molecule has 0 aliphatic heterocycles. The first-order valence-corrected chi connectivity index (χ1v) is 22.9. The van der Waals surface area contributed by atoms with Crippen LogP contribution in [0, 0.1) is 0 Å². The number of carbonyl (C=O) groups excluding carboxylic acids is 2. The average molecular weight is 759 g/mol. The molecule has 1 aromatic rings. The van der Waals surface area contributed by atoms with Crippen LogP contribution in [0.1, 0.15) is 195 Å². The van der Waals surface area contributed by atoms with Crippen LogP contribution in [0.2, 0.25) is 0 Å². The SMILES string of the molecule is CCCCCCCCCCCCCN(CC)CCCCOC(=O)Nc1ccc(NC(=O)OCCCCN(CC)CCCCCCCCCCCCC)cc1. The number of rotatable bonds is 38. The van der Waals surface area contributed by atoms with Gasteiger partial charge in [-0.1, -0.05) is 156 Å². The number of hydrogen-bond acceptors (Lipinski definition) is 6. The van der Waals surface area contributed by atoms with Gasteiger partial charge in [0.1, 0.15) is 0 Å². The molecule has 0 aliphatic carbocycles. The van der Waals surface area contributed by atoms with Crippen molar-refractivity contribution in [2.45, 2.75) is 195 Å². The molecule has 0 aliphatic rings. The third kappa shape index (κ3) is 30.9. The van der Waals surface area contributed by atoms with E-state index >= 15 is 0 Å². The van der Waals surface area contributed by atoms with Crippen LogP contribution >= 0.6 is 0 Å². The van der Waals surface area contributed by atoms with Crippen molar-refractivity contribution >= 4 is 23.6 Å². The van der Waals surface area contributed by atoms with Crippen molar-refractivity contribution in [3.05, 3.63) is 24.3 Å². The minimum Gasteiger partial charge on any atom is -0.449 e. The highest BCUT2D eigenvalue weighted by atomic mass is 16.6. The van der Waals surface area contributed by atoms with E-state index in [-0.39, 0.29) is 0 Å². The van der Waals surface area contributed by atoms with Crippen molar-refractivity contribution < 1.29 is 19.1 Å². The number of ether oxygens (including phenoxy) is 2. The highest BCUT2D eigenvalue weighted by Gasteiger charge is 2.08. The number of anilines is 2. The van der Waals surface area contributed by atoms with E-state index in [4.69, 9.17) is 9.47 Å². The van der Waals surface area contributed by atoms with Gasteiger partial charge in [0.05, 0.1) is 13.2 Å². The lowest BCUT2D eigenvalue weighted by atomic mass is 10.1. The molecule has 0 radical (unpaired) electrons. The summed E-state index contributed by atoms with van der Waals surface area (Å²) < 4.78 is 10.8. The molecule has 0 bridgehead atoms. The molecular formula is C46H86N4O4. The van der Waals surface area contributed by atoms with Crippen molar-refractivity contribution in [1.82, 2.24) is 9.80 Å². The Hall–Kier alpha value is -2.32. The van der Waals surface area contributed by atoms with Crippen LogP contribution in [0.3, 0.4) is 0 Å². The summed E-state index contributed by atoms with van der Waals surface area (Å²) in [4.78, 5) is 29.6. The number of benzene rings is 1. The predicted octanol–water partition coefficient (Wildman–Crippen LogP) is 13.6. The molecule has 314 valence electrons. The molecule has 0 saturated heterocycles. The van der Waals surface area contributed by atoms with E-state index in [1.54, 1.807) is 24.3 Å². The van der Waals surface area contributed by atoms with Gasteiger partial charge in [0.25, 0.3) is 0 Å². The third-order valence-corrected chi connectivity index (χ3v) is 10.6. The summed E-state index contributed by atoms with van der Waals surface area (Å²) in [6.45, 7) is 16.4. The average Bonchev–Trinajstić information content (AvgIpc) is 3.17. The second-order valence-electron chi connectivity index (χ2n) is 15.5. The van der Waals surface area contributed by atoms with Gasteiger partial charge >= 0.3 is 12.2 Å². The summed E-state index contributed by atoms with van der Waals surface area (Å²) in [5.74, 6) is 0. The number of hydrogen-bond donors (Lipinski definition) is 2. The second kappa shape index (κ2) is 37.6. The van der Waals surface area contributed by atoms with Gasteiger partial charge in [-0.15, -0.1) is 0 Å². The molecule has 1 aromatic carbocycles. The molecule has 0 atom stereocenters. The Morgan fingerprint density at radius 1 is 0.407 bits per heavy atom. The van der Waals surface area contributed by atoms with E-state index in [1.807, 2.05) is 0 Å². The molecule has 8 heteroatoms. The fourth-order valence-electron chi connectivity index (χ4n) is 7.00. The van der Waals surface area contributed by atoms with Gasteiger partial charge in [-0.05, 0) is 102 Å². The Morgan fingerprint density at radius 2 is 0.667 bits per heavy atom. The van der Waals surface area contributed by atoms with Gasteiger partial charge in [0, 0.05) is 11.4 Å². The molecule has 0 saturated carbocycles. The van der Waals surface area contributed by atoms with Gasteiger partial charge in [0.15, 0.2) is 0 Å². The van der Waals surface area contributed by atoms with Crippen LogP contribution in [-0.2, 0) is 9.47 Å². The third-order valence-electron chi connectivity index (χ3n) is 10.6. The molecule has 1 rings (SSSR count). The highest BCUT2D eigenvalue weighted by molar-refractivity contribution is 5.87. The zero-order valence-electron chi connectivity index (χ0n) is 35.9. The molecule has 0 fully saturated rings. The van der Waals surface area contributed by atoms with E-state index in [1.165, 1.54) is 141 Å². The van der Waals surface area contributed by atoms with E-state index in [2.05, 4.69) is 48.1 Å². The zero-order valence-corrected chi connectivity index (χ0v) is 35.9. The molecule has 8 nitrogen and oxygen atoms in total. The van der Waals surface area contributed by atoms with Crippen LogP contribution in [0.5, 0.6) is 0 Å². The normalized spacial score (nSPS) is 11.4. The Labute approximate surface area is 333 Å². The molecule has 2 amide bonds. The fourth-order valence-corrected chi connectivity index (χ4v) is 7.00. The molecule has 2 N–H and O–H groups in total. The summed E-state index contributed by atoms with van der Waals surface area (Å²) in [6, 6.07) is 7.00. The standard InChI is InChI=1S/C46H86N4O4/c1-5-9-11-13-15-17-19-21-23-25-27-37-49(7-3)39-29-31-41-53-45(51)47-43-33-35-44(36-34-43)48-46(52)54-42-32-30-40-50(8-4)38-28-26-24-22-20-18-16-14-12-10-6-2/h33-36H,5-32,37-42H2,1-4H3,(H,47,51)(H,48,52). The summed E-state index contributed by atoms with van der Waals surface area (Å²) in [5, 5.41) is 5.55. The monoisotopic (exact) mass is 759 g/mol. The van der Waals surface area contributed by atoms with Gasteiger partial charge < -0.3 is 19.3 Å². The van der Waals surface area contributed by atoms with Crippen molar-refractivity contribution in [2.24, 2.45) is 0 Å². The first kappa shape index (κ1) is 49.7. The molecule has 0 unspecified atom stereocenters. The molecule has 0 spiro atoms. The maximum atomic E-state index is 12.3. The van der Waals surface area contributed by atoms with E-state index in [0.29, 0.717) is 24.6 Å². The van der Waals surface area contributed by atoms with Crippen molar-refractivity contribution in [2.75, 3.05) is 63.1 Å². The van der Waals surface area contributed by atoms with Crippen molar-refractivity contribution in [3.63, 3.8) is 0 Å². The van der Waals surface area contributed by atoms with Gasteiger partial charge in [0.2, 0.25) is 0 Å². The summed E-state index contributed by atoms with van der Waals surface area (Å²) in [5.41, 5.74) is 1.24. The number of amides is 2. The van der Waals surface area contributed by atoms with Gasteiger partial charge in [-0.3, -0.25) is 10.6 Å². The van der Waals surface area contributed by atoms with Gasteiger partial charge in [-0.25, -0.2) is 9.59 Å². The summed E-state index contributed by atoms with van der Waals surface area (Å²) >= 11 is 0. The van der Waals surface area contributed by atoms with Crippen LogP contribution in [0.25, 0.3) is 0 Å². The van der Waals surface area contributed by atoms with Crippen molar-refractivity contribution in [3.8, 4) is 0 Å². The minimum atomic E-state index is -0.455. The molecule has 0 heterocycles. The Bertz CT molecular complexity index is 899. The number of nitrogens with one attached hydrogen (secondary N) is 2. The topological polar surface area (TPSA) is 83.1 Å². The van der Waals surface area contributed by atoms with Crippen LogP contribution in [0.15, 0.2) is 24.3 Å². The lowest BCUT2D eigenvalue weighted by molar-refractivity contribution is 0.156. The van der Waals surface area contributed by atoms with Crippen LogP contribution < -0.4 is 10.6 Å². The fraction of sp³-hybridized carbons (Fsp3) is 0.826. The number of nitrogens with zero attached hydrogens (tertiary/aromatic N) is 2. The molecule has 54 heavy (non-hydrogen) atoms. The molecular weight excluding hydrogens is 673 g/mol. The smallest absolute Gasteiger partial charge is 0.411 e. The second-order valence-corrected chi connectivity index (χ2v) is 15.5. The summed E-state index contributed by atoms with van der Waals surface area (Å²) in [6.07, 6.45) is 33.1. The Balaban J connectivity index is 2.04. The zero-order chi connectivity index (χ0) is 39.2. The van der Waals surface area contributed by atoms with E-state index < -0.39 is 12.2 Å². The predicted molar refractivity (Wildman–Crippen MR) is 232 cm³/mol. The van der Waals surface area contributed by atoms with Crippen LogP contribution in [0.4, 0.5) is 21.0 Å². The maximum absolute atomic E-state index is 12.3. The highest BCUT2D eigenvalue weighted by Crippen LogP contribution is 2.16. The van der Waals surface area contributed by atoms with E-state index in [0.717, 1.165) is 65.0 Å². The maximum Gasteiger partial charge on any atom is 0.411 e. The van der Waals surface area contributed by atoms with Gasteiger partial charge in [-0.2, -0.15) is 0 Å². The van der Waals surface area contributed by atoms with Crippen LogP contribution in [-0.4, -0.2) is 74.5 Å². The minimum absolute atomic E-state index is 0.406. The summed E-state index contributed by atoms with van der Waals surface area (Å²) in [7, 11) is 0. The lowest BCUT2D eigenvalue weighted by Crippen LogP contribution is -2.26. The largest absolute Gasteiger partial charge is 0.449 e. The van der Waals surface area contributed by atoms with E-state index in [9.17, 15) is 9.59 Å². The number of carbonyl (C=O) groups is 2. The number of unbranched alkanes of at least 4 members (excludes halogenated alkanes) is 22. The molecule has 0 aromatic heterocycles. The first-order valence-electron chi connectivity index (χ1n) is 22.9. The quantitative estimate of drug-likeness (QED) is 0.0654. The first-order chi connectivity index (χ1) is 26.5. The van der Waals surface area contributed by atoms with Crippen molar-refractivity contribution in [1.29, 1.82) is 0 Å².